The molecule has 2 N–H and O–H groups in total. The summed E-state index contributed by atoms with van der Waals surface area (Å²) in [5, 5.41) is 8.89. The van der Waals surface area contributed by atoms with Gasteiger partial charge in [-0.15, -0.1) is 11.3 Å². The number of sulfonamides is 1. The van der Waals surface area contributed by atoms with Gasteiger partial charge in [0.2, 0.25) is 10.0 Å². The van der Waals surface area contributed by atoms with Crippen LogP contribution in [-0.4, -0.2) is 22.0 Å². The van der Waals surface area contributed by atoms with E-state index in [2.05, 4.69) is 10.0 Å². The minimum absolute atomic E-state index is 0.378. The van der Waals surface area contributed by atoms with Gasteiger partial charge in [0.25, 0.3) is 0 Å². The molecule has 0 aliphatic carbocycles. The van der Waals surface area contributed by atoms with Crippen molar-refractivity contribution in [2.24, 2.45) is 0 Å². The summed E-state index contributed by atoms with van der Waals surface area (Å²) < 4.78 is 27.1. The van der Waals surface area contributed by atoms with Crippen LogP contribution in [0.1, 0.15) is 11.1 Å². The molecule has 0 fully saturated rings. The largest absolute Gasteiger partial charge is 0.316 e. The topological polar surface area (TPSA) is 58.2 Å². The Balaban J connectivity index is 1.93. The Morgan fingerprint density at radius 3 is 2.79 bits per heavy atom. The summed E-state index contributed by atoms with van der Waals surface area (Å²) in [6.45, 7) is 1.11. The molecule has 0 saturated carbocycles. The average Bonchev–Trinajstić information content (AvgIpc) is 3.00. The van der Waals surface area contributed by atoms with Gasteiger partial charge >= 0.3 is 0 Å². The van der Waals surface area contributed by atoms with E-state index >= 15 is 0 Å². The first-order valence-electron chi connectivity index (χ1n) is 5.84. The SMILES string of the molecule is CNCc1csc(S(=O)(=O)NCCc2ccsc2)c1. The van der Waals surface area contributed by atoms with E-state index in [0.29, 0.717) is 17.3 Å². The molecular formula is C12H16N2O2S3. The van der Waals surface area contributed by atoms with E-state index in [-0.39, 0.29) is 0 Å². The van der Waals surface area contributed by atoms with Crippen molar-refractivity contribution in [3.63, 3.8) is 0 Å². The standard InChI is InChI=1S/C12H16N2O2S3/c1-13-7-11-6-12(18-9-11)19(15,16)14-4-2-10-3-5-17-8-10/h3,5-6,8-9,13-14H,2,4,7H2,1H3. The van der Waals surface area contributed by atoms with Crippen LogP contribution >= 0.6 is 22.7 Å². The lowest BCUT2D eigenvalue weighted by Crippen LogP contribution is -2.25. The van der Waals surface area contributed by atoms with Gasteiger partial charge in [0.15, 0.2) is 0 Å². The number of rotatable bonds is 7. The van der Waals surface area contributed by atoms with Gasteiger partial charge in [-0.1, -0.05) is 0 Å². The zero-order valence-corrected chi connectivity index (χ0v) is 13.0. The quantitative estimate of drug-likeness (QED) is 0.822. The molecule has 2 rings (SSSR count). The highest BCUT2D eigenvalue weighted by molar-refractivity contribution is 7.91. The highest BCUT2D eigenvalue weighted by atomic mass is 32.2. The predicted octanol–water partition coefficient (Wildman–Crippen LogP) is 2.05. The first kappa shape index (κ1) is 14.7. The van der Waals surface area contributed by atoms with Gasteiger partial charge in [0.1, 0.15) is 4.21 Å². The van der Waals surface area contributed by atoms with Crippen molar-refractivity contribution in [1.29, 1.82) is 0 Å². The second-order valence-electron chi connectivity index (χ2n) is 4.08. The molecule has 0 saturated heterocycles. The van der Waals surface area contributed by atoms with Crippen LogP contribution in [-0.2, 0) is 23.0 Å². The van der Waals surface area contributed by atoms with E-state index in [1.54, 1.807) is 17.4 Å². The number of thiophene rings is 2. The molecule has 0 spiro atoms. The van der Waals surface area contributed by atoms with Crippen molar-refractivity contribution < 1.29 is 8.42 Å². The van der Waals surface area contributed by atoms with Gasteiger partial charge in [-0.05, 0) is 52.9 Å². The van der Waals surface area contributed by atoms with Crippen LogP contribution < -0.4 is 10.0 Å². The Morgan fingerprint density at radius 2 is 2.11 bits per heavy atom. The minimum Gasteiger partial charge on any atom is -0.316 e. The third-order valence-corrected chi connectivity index (χ3v) is 6.24. The Kier molecular flexibility index (Phi) is 5.12. The molecule has 2 heterocycles. The van der Waals surface area contributed by atoms with Crippen LogP contribution in [0.5, 0.6) is 0 Å². The Morgan fingerprint density at radius 1 is 1.26 bits per heavy atom. The molecule has 0 unspecified atom stereocenters. The summed E-state index contributed by atoms with van der Waals surface area (Å²) in [5.74, 6) is 0. The minimum atomic E-state index is -3.37. The fourth-order valence-corrected chi connectivity index (χ4v) is 4.62. The molecule has 0 aromatic carbocycles. The van der Waals surface area contributed by atoms with Gasteiger partial charge in [-0.25, -0.2) is 13.1 Å². The average molecular weight is 316 g/mol. The zero-order valence-electron chi connectivity index (χ0n) is 10.5. The smallest absolute Gasteiger partial charge is 0.250 e. The summed E-state index contributed by atoms with van der Waals surface area (Å²) >= 11 is 2.88. The van der Waals surface area contributed by atoms with Crippen LogP contribution in [0.4, 0.5) is 0 Å². The summed E-state index contributed by atoms with van der Waals surface area (Å²) in [5.41, 5.74) is 2.15. The normalized spacial score (nSPS) is 11.8. The first-order valence-corrected chi connectivity index (χ1v) is 9.15. The fourth-order valence-electron chi connectivity index (χ4n) is 1.63. The lowest BCUT2D eigenvalue weighted by atomic mass is 10.2. The third-order valence-electron chi connectivity index (χ3n) is 2.56. The molecular weight excluding hydrogens is 300 g/mol. The maximum absolute atomic E-state index is 12.1. The van der Waals surface area contributed by atoms with E-state index in [1.807, 2.05) is 29.3 Å². The second-order valence-corrected chi connectivity index (χ2v) is 7.77. The van der Waals surface area contributed by atoms with Gasteiger partial charge in [0.05, 0.1) is 0 Å². The van der Waals surface area contributed by atoms with Crippen LogP contribution in [0.2, 0.25) is 0 Å². The molecule has 2 aromatic rings. The van der Waals surface area contributed by atoms with Crippen LogP contribution in [0.15, 0.2) is 32.5 Å². The summed E-state index contributed by atoms with van der Waals surface area (Å²) in [6, 6.07) is 3.73. The van der Waals surface area contributed by atoms with Crippen molar-refractivity contribution in [2.75, 3.05) is 13.6 Å². The molecule has 0 aliphatic rings. The molecule has 0 aliphatic heterocycles. The molecule has 0 atom stereocenters. The molecule has 4 nitrogen and oxygen atoms in total. The molecule has 2 aromatic heterocycles. The molecule has 0 radical (unpaired) electrons. The van der Waals surface area contributed by atoms with Crippen molar-refractivity contribution >= 4 is 32.7 Å². The molecule has 0 amide bonds. The maximum atomic E-state index is 12.1. The van der Waals surface area contributed by atoms with Gasteiger partial charge in [-0.2, -0.15) is 11.3 Å². The van der Waals surface area contributed by atoms with E-state index in [9.17, 15) is 8.42 Å². The van der Waals surface area contributed by atoms with E-state index in [1.165, 1.54) is 11.3 Å². The van der Waals surface area contributed by atoms with Crippen molar-refractivity contribution in [3.05, 3.63) is 39.4 Å². The summed E-state index contributed by atoms with van der Waals surface area (Å²) in [4.78, 5) is 0. The van der Waals surface area contributed by atoms with Crippen molar-refractivity contribution in [3.8, 4) is 0 Å². The number of nitrogens with one attached hydrogen (secondary N) is 2. The highest BCUT2D eigenvalue weighted by Crippen LogP contribution is 2.20. The molecule has 19 heavy (non-hydrogen) atoms. The summed E-state index contributed by atoms with van der Waals surface area (Å²) in [7, 11) is -1.53. The van der Waals surface area contributed by atoms with E-state index < -0.39 is 10.0 Å². The number of hydrogen-bond acceptors (Lipinski definition) is 5. The highest BCUT2D eigenvalue weighted by Gasteiger charge is 2.15. The Bertz CT molecular complexity index is 603. The fraction of sp³-hybridized carbons (Fsp3) is 0.333. The lowest BCUT2D eigenvalue weighted by molar-refractivity contribution is 0.583. The predicted molar refractivity (Wildman–Crippen MR) is 80.3 cm³/mol. The third kappa shape index (κ3) is 4.12. The monoisotopic (exact) mass is 316 g/mol. The maximum Gasteiger partial charge on any atom is 0.250 e. The lowest BCUT2D eigenvalue weighted by Gasteiger charge is -2.03. The van der Waals surface area contributed by atoms with Gasteiger partial charge < -0.3 is 5.32 Å². The van der Waals surface area contributed by atoms with Crippen LogP contribution in [0.25, 0.3) is 0 Å². The van der Waals surface area contributed by atoms with E-state index in [4.69, 9.17) is 0 Å². The van der Waals surface area contributed by atoms with Gasteiger partial charge in [0, 0.05) is 13.1 Å². The second kappa shape index (κ2) is 6.62. The molecule has 7 heteroatoms. The van der Waals surface area contributed by atoms with Crippen molar-refractivity contribution in [2.45, 2.75) is 17.2 Å². The summed E-state index contributed by atoms with van der Waals surface area (Å²) in [6.07, 6.45) is 0.720. The number of hydrogen-bond donors (Lipinski definition) is 2. The van der Waals surface area contributed by atoms with Crippen LogP contribution in [0.3, 0.4) is 0 Å². The van der Waals surface area contributed by atoms with Crippen LogP contribution in [0, 0.1) is 0 Å². The first-order chi connectivity index (χ1) is 9.12. The molecule has 104 valence electrons. The van der Waals surface area contributed by atoms with Crippen molar-refractivity contribution in [1.82, 2.24) is 10.0 Å². The Labute approximate surface area is 121 Å². The Hall–Kier alpha value is -0.730. The molecule has 0 bridgehead atoms. The van der Waals surface area contributed by atoms with Gasteiger partial charge in [-0.3, -0.25) is 0 Å². The zero-order chi connectivity index (χ0) is 13.7. The van der Waals surface area contributed by atoms with E-state index in [0.717, 1.165) is 17.5 Å².